The van der Waals surface area contributed by atoms with E-state index in [2.05, 4.69) is 79.2 Å². The average molecular weight is 303 g/mol. The van der Waals surface area contributed by atoms with Crippen LogP contribution in [0.1, 0.15) is 26.3 Å². The zero-order valence-electron chi connectivity index (χ0n) is 12.9. The molecule has 3 heteroatoms. The Hall–Kier alpha value is -1.80. The summed E-state index contributed by atoms with van der Waals surface area (Å²) in [6, 6.07) is 20.8. The predicted octanol–water partition coefficient (Wildman–Crippen LogP) is 4.94. The number of nitrogens with zero attached hydrogens (tertiary/aromatic N) is 2. The van der Waals surface area contributed by atoms with Crippen molar-refractivity contribution in [3.05, 3.63) is 66.2 Å². The Bertz CT molecular complexity index is 544. The van der Waals surface area contributed by atoms with Crippen molar-refractivity contribution in [1.82, 2.24) is 0 Å². The maximum absolute atomic E-state index is 4.63. The smallest absolute Gasteiger partial charge is 0.0904 e. The van der Waals surface area contributed by atoms with Crippen molar-refractivity contribution in [2.75, 3.05) is 4.90 Å². The normalized spacial score (nSPS) is 11.2. The first kappa shape index (κ1) is 17.3. The molecule has 0 fully saturated rings. The Kier molecular flexibility index (Phi) is 6.44. The van der Waals surface area contributed by atoms with Crippen LogP contribution >= 0.6 is 12.4 Å². The minimum Gasteiger partial charge on any atom is -0.328 e. The van der Waals surface area contributed by atoms with Crippen LogP contribution in [0.3, 0.4) is 0 Å². The van der Waals surface area contributed by atoms with E-state index in [1.165, 1.54) is 5.56 Å². The maximum Gasteiger partial charge on any atom is 0.0904 e. The highest BCUT2D eigenvalue weighted by molar-refractivity contribution is 5.85. The van der Waals surface area contributed by atoms with E-state index in [0.29, 0.717) is 0 Å². The molecule has 2 nitrogen and oxygen atoms in total. The summed E-state index contributed by atoms with van der Waals surface area (Å²) in [4.78, 5) is 6.81. The third-order valence-electron chi connectivity index (χ3n) is 2.87. The molecule has 0 atom stereocenters. The van der Waals surface area contributed by atoms with Crippen molar-refractivity contribution in [1.29, 1.82) is 0 Å². The standard InChI is InChI=1S/C18H22N2.ClH/c1-18(2,3)19-15-20(17-12-8-5-9-13-17)14-16-10-6-4-7-11-16;/h4-13,15H,14H2,1-3H3;1H/b19-15+;. The first-order valence-electron chi connectivity index (χ1n) is 6.95. The lowest BCUT2D eigenvalue weighted by molar-refractivity contribution is 0.584. The summed E-state index contributed by atoms with van der Waals surface area (Å²) in [5.74, 6) is 0. The molecule has 2 rings (SSSR count). The van der Waals surface area contributed by atoms with Gasteiger partial charge in [-0.2, -0.15) is 0 Å². The average Bonchev–Trinajstić information content (AvgIpc) is 2.44. The van der Waals surface area contributed by atoms with Gasteiger partial charge < -0.3 is 4.90 Å². The van der Waals surface area contributed by atoms with E-state index in [-0.39, 0.29) is 17.9 Å². The molecule has 112 valence electrons. The molecule has 0 N–H and O–H groups in total. The van der Waals surface area contributed by atoms with Gasteiger partial charge in [-0.3, -0.25) is 4.99 Å². The van der Waals surface area contributed by atoms with Gasteiger partial charge in [0, 0.05) is 12.2 Å². The molecule has 2 aromatic rings. The Balaban J connectivity index is 0.00000220. The van der Waals surface area contributed by atoms with Crippen molar-refractivity contribution >= 4 is 24.4 Å². The zero-order valence-corrected chi connectivity index (χ0v) is 13.7. The molecule has 0 amide bonds. The summed E-state index contributed by atoms with van der Waals surface area (Å²) < 4.78 is 0. The fourth-order valence-electron chi connectivity index (χ4n) is 1.84. The van der Waals surface area contributed by atoms with Gasteiger partial charge in [0.05, 0.1) is 11.9 Å². The topological polar surface area (TPSA) is 15.6 Å². The molecular weight excluding hydrogens is 280 g/mol. The minimum atomic E-state index is -0.0658. The molecule has 0 heterocycles. The number of halogens is 1. The molecule has 0 saturated carbocycles. The number of para-hydroxylation sites is 1. The summed E-state index contributed by atoms with van der Waals surface area (Å²) in [6.45, 7) is 7.14. The van der Waals surface area contributed by atoms with Gasteiger partial charge >= 0.3 is 0 Å². The lowest BCUT2D eigenvalue weighted by atomic mass is 10.1. The number of hydrogen-bond donors (Lipinski definition) is 0. The van der Waals surface area contributed by atoms with Crippen molar-refractivity contribution in [2.45, 2.75) is 32.9 Å². The van der Waals surface area contributed by atoms with Crippen LogP contribution < -0.4 is 4.90 Å². The largest absolute Gasteiger partial charge is 0.328 e. The SMILES string of the molecule is CC(C)(C)/N=C/N(Cc1ccccc1)c1ccccc1.Cl. The van der Waals surface area contributed by atoms with Crippen LogP contribution in [0.25, 0.3) is 0 Å². The van der Waals surface area contributed by atoms with E-state index in [1.54, 1.807) is 0 Å². The second kappa shape index (κ2) is 7.84. The molecule has 0 saturated heterocycles. The molecule has 0 unspecified atom stereocenters. The molecule has 0 aliphatic carbocycles. The van der Waals surface area contributed by atoms with Crippen LogP contribution in [0.2, 0.25) is 0 Å². The van der Waals surface area contributed by atoms with E-state index < -0.39 is 0 Å². The number of benzene rings is 2. The summed E-state index contributed by atoms with van der Waals surface area (Å²) in [7, 11) is 0. The number of hydrogen-bond acceptors (Lipinski definition) is 1. The van der Waals surface area contributed by atoms with Gasteiger partial charge in [0.2, 0.25) is 0 Å². The quantitative estimate of drug-likeness (QED) is 0.577. The van der Waals surface area contributed by atoms with Gasteiger partial charge in [-0.05, 0) is 38.5 Å². The van der Waals surface area contributed by atoms with Crippen LogP contribution in [-0.4, -0.2) is 11.9 Å². The highest BCUT2D eigenvalue weighted by Crippen LogP contribution is 2.16. The van der Waals surface area contributed by atoms with Crippen molar-refractivity contribution < 1.29 is 0 Å². The third-order valence-corrected chi connectivity index (χ3v) is 2.87. The Morgan fingerprint density at radius 1 is 0.905 bits per heavy atom. The van der Waals surface area contributed by atoms with Gasteiger partial charge in [-0.15, -0.1) is 12.4 Å². The zero-order chi connectivity index (χ0) is 14.4. The third kappa shape index (κ3) is 6.01. The first-order valence-corrected chi connectivity index (χ1v) is 6.95. The van der Waals surface area contributed by atoms with Gasteiger partial charge in [-0.1, -0.05) is 48.5 Å². The molecular formula is C18H23ClN2. The van der Waals surface area contributed by atoms with Gasteiger partial charge in [0.25, 0.3) is 0 Å². The molecule has 0 aromatic heterocycles. The summed E-state index contributed by atoms with van der Waals surface area (Å²) in [5.41, 5.74) is 2.37. The second-order valence-corrected chi connectivity index (χ2v) is 5.86. The monoisotopic (exact) mass is 302 g/mol. The minimum absolute atomic E-state index is 0. The molecule has 0 spiro atoms. The van der Waals surface area contributed by atoms with E-state index in [9.17, 15) is 0 Å². The lowest BCUT2D eigenvalue weighted by Crippen LogP contribution is -2.23. The summed E-state index contributed by atoms with van der Waals surface area (Å²) >= 11 is 0. The maximum atomic E-state index is 4.63. The van der Waals surface area contributed by atoms with E-state index >= 15 is 0 Å². The first-order chi connectivity index (χ1) is 9.54. The van der Waals surface area contributed by atoms with Gasteiger partial charge in [-0.25, -0.2) is 0 Å². The van der Waals surface area contributed by atoms with Gasteiger partial charge in [0.15, 0.2) is 0 Å². The lowest BCUT2D eigenvalue weighted by Gasteiger charge is -2.22. The van der Waals surface area contributed by atoms with Crippen LogP contribution in [0.5, 0.6) is 0 Å². The Morgan fingerprint density at radius 2 is 1.43 bits per heavy atom. The molecule has 0 aliphatic rings. The molecule has 21 heavy (non-hydrogen) atoms. The van der Waals surface area contributed by atoms with Crippen LogP contribution in [-0.2, 0) is 6.54 Å². The molecule has 0 radical (unpaired) electrons. The number of rotatable bonds is 4. The van der Waals surface area contributed by atoms with E-state index in [1.807, 2.05) is 18.5 Å². The highest BCUT2D eigenvalue weighted by atomic mass is 35.5. The fourth-order valence-corrected chi connectivity index (χ4v) is 1.84. The number of aliphatic imine (C=N–C) groups is 1. The Labute approximate surface area is 133 Å². The van der Waals surface area contributed by atoms with Crippen molar-refractivity contribution in [3.63, 3.8) is 0 Å². The summed E-state index contributed by atoms with van der Waals surface area (Å²) in [5, 5.41) is 0. The van der Waals surface area contributed by atoms with E-state index in [4.69, 9.17) is 0 Å². The Morgan fingerprint density at radius 3 is 1.95 bits per heavy atom. The van der Waals surface area contributed by atoms with Crippen molar-refractivity contribution in [3.8, 4) is 0 Å². The van der Waals surface area contributed by atoms with Crippen LogP contribution in [0.15, 0.2) is 65.7 Å². The number of anilines is 1. The predicted molar refractivity (Wildman–Crippen MR) is 94.6 cm³/mol. The van der Waals surface area contributed by atoms with Crippen LogP contribution in [0.4, 0.5) is 5.69 Å². The van der Waals surface area contributed by atoms with Crippen LogP contribution in [0, 0.1) is 0 Å². The molecule has 0 aliphatic heterocycles. The fraction of sp³-hybridized carbons (Fsp3) is 0.278. The van der Waals surface area contributed by atoms with Crippen molar-refractivity contribution in [2.24, 2.45) is 4.99 Å². The second-order valence-electron chi connectivity index (χ2n) is 5.86. The highest BCUT2D eigenvalue weighted by Gasteiger charge is 2.09. The summed E-state index contributed by atoms with van der Waals surface area (Å²) in [6.07, 6.45) is 1.95. The molecule has 2 aromatic carbocycles. The molecule has 0 bridgehead atoms. The van der Waals surface area contributed by atoms with Gasteiger partial charge in [0.1, 0.15) is 0 Å². The van der Waals surface area contributed by atoms with E-state index in [0.717, 1.165) is 12.2 Å².